The van der Waals surface area contributed by atoms with E-state index < -0.39 is 10.8 Å². The monoisotopic (exact) mass is 345 g/mol. The molecule has 0 spiro atoms. The summed E-state index contributed by atoms with van der Waals surface area (Å²) in [5.41, 5.74) is 6.15. The maximum Gasteiger partial charge on any atom is 0.324 e. The molecule has 1 aliphatic carbocycles. The largest absolute Gasteiger partial charge is 0.444 e. The van der Waals surface area contributed by atoms with Crippen molar-refractivity contribution in [2.24, 2.45) is 11.1 Å². The van der Waals surface area contributed by atoms with Crippen molar-refractivity contribution >= 4 is 22.1 Å². The fourth-order valence-corrected chi connectivity index (χ4v) is 4.11. The third kappa shape index (κ3) is 2.57. The van der Waals surface area contributed by atoms with Gasteiger partial charge in [0.1, 0.15) is 17.4 Å². The molecule has 3 rings (SSSR count). The van der Waals surface area contributed by atoms with Gasteiger partial charge in [-0.1, -0.05) is 25.2 Å². The van der Waals surface area contributed by atoms with Crippen LogP contribution in [0.1, 0.15) is 37.5 Å². The number of allylic oxidation sites excluding steroid dienone is 3. The molecule has 0 saturated heterocycles. The lowest BCUT2D eigenvalue weighted by Gasteiger charge is -2.36. The summed E-state index contributed by atoms with van der Waals surface area (Å²) in [4.78, 5) is 23.7. The van der Waals surface area contributed by atoms with Crippen LogP contribution in [0, 0.1) is 26.9 Å². The third-order valence-electron chi connectivity index (χ3n) is 4.15. The van der Waals surface area contributed by atoms with Crippen molar-refractivity contribution < 1.29 is 14.5 Å². The summed E-state index contributed by atoms with van der Waals surface area (Å²) < 4.78 is 5.57. The van der Waals surface area contributed by atoms with Gasteiger partial charge >= 0.3 is 5.00 Å². The van der Waals surface area contributed by atoms with Gasteiger partial charge in [0.15, 0.2) is 5.78 Å². The Kier molecular flexibility index (Phi) is 3.68. The molecule has 8 heteroatoms. The summed E-state index contributed by atoms with van der Waals surface area (Å²) in [6.07, 6.45) is 0.856. The standard InChI is InChI=1S/C16H15N3O4S/c1-16(2)5-9(20)14-10(6-16)23-15(18)8(7-17)13(14)11-3-4-12(24-11)19(21)22/h3-4,13H,5-6,18H2,1-2H3/t13-/m0/s1. The number of nitrogens with zero attached hydrogens (tertiary/aromatic N) is 2. The number of carbonyl (C=O) groups excluding carboxylic acids is 1. The molecule has 0 bridgehead atoms. The van der Waals surface area contributed by atoms with Gasteiger partial charge in [-0.3, -0.25) is 14.9 Å². The van der Waals surface area contributed by atoms with Crippen molar-refractivity contribution in [3.63, 3.8) is 0 Å². The van der Waals surface area contributed by atoms with Gasteiger partial charge in [0.05, 0.1) is 10.8 Å². The van der Waals surface area contributed by atoms with Crippen LogP contribution >= 0.6 is 11.3 Å². The number of ether oxygens (including phenoxy) is 1. The lowest BCUT2D eigenvalue weighted by atomic mass is 9.71. The minimum Gasteiger partial charge on any atom is -0.444 e. The van der Waals surface area contributed by atoms with E-state index in [1.165, 1.54) is 6.07 Å². The first-order chi connectivity index (χ1) is 11.2. The van der Waals surface area contributed by atoms with Crippen molar-refractivity contribution in [2.45, 2.75) is 32.6 Å². The van der Waals surface area contributed by atoms with E-state index in [4.69, 9.17) is 10.5 Å². The van der Waals surface area contributed by atoms with E-state index in [1.807, 2.05) is 19.9 Å². The highest BCUT2D eigenvalue weighted by Gasteiger charge is 2.43. The van der Waals surface area contributed by atoms with Crippen LogP contribution in [0.25, 0.3) is 0 Å². The Morgan fingerprint density at radius 2 is 2.17 bits per heavy atom. The summed E-state index contributed by atoms with van der Waals surface area (Å²) in [6.45, 7) is 3.92. The molecule has 0 unspecified atom stereocenters. The molecule has 2 heterocycles. The van der Waals surface area contributed by atoms with E-state index in [0.29, 0.717) is 29.1 Å². The molecule has 0 radical (unpaired) electrons. The first kappa shape index (κ1) is 16.2. The number of nitriles is 1. The van der Waals surface area contributed by atoms with Gasteiger partial charge < -0.3 is 10.5 Å². The number of rotatable bonds is 2. The highest BCUT2D eigenvalue weighted by atomic mass is 32.1. The van der Waals surface area contributed by atoms with Crippen molar-refractivity contribution in [1.29, 1.82) is 5.26 Å². The Morgan fingerprint density at radius 1 is 1.46 bits per heavy atom. The maximum absolute atomic E-state index is 12.7. The third-order valence-corrected chi connectivity index (χ3v) is 5.25. The summed E-state index contributed by atoms with van der Waals surface area (Å²) in [7, 11) is 0. The second kappa shape index (κ2) is 5.46. The second-order valence-electron chi connectivity index (χ2n) is 6.64. The van der Waals surface area contributed by atoms with E-state index in [-0.39, 0.29) is 27.7 Å². The van der Waals surface area contributed by atoms with Gasteiger partial charge in [-0.05, 0) is 11.5 Å². The molecule has 1 atom stereocenters. The van der Waals surface area contributed by atoms with Crippen LogP contribution in [-0.2, 0) is 9.53 Å². The number of thiophene rings is 1. The molecule has 124 valence electrons. The molecule has 2 N–H and O–H groups in total. The Balaban J connectivity index is 2.16. The molecule has 0 amide bonds. The molecule has 0 aromatic carbocycles. The number of nitrogens with two attached hydrogens (primary N) is 1. The van der Waals surface area contributed by atoms with Gasteiger partial charge in [0.2, 0.25) is 5.88 Å². The minimum absolute atomic E-state index is 0.0391. The smallest absolute Gasteiger partial charge is 0.324 e. The number of nitro groups is 1. The van der Waals surface area contributed by atoms with E-state index in [2.05, 4.69) is 0 Å². The normalized spacial score (nSPS) is 22.7. The molecular weight excluding hydrogens is 330 g/mol. The van der Waals surface area contributed by atoms with Gasteiger partial charge in [-0.15, -0.1) is 0 Å². The predicted molar refractivity (Wildman–Crippen MR) is 86.7 cm³/mol. The van der Waals surface area contributed by atoms with Crippen LogP contribution in [0.5, 0.6) is 0 Å². The molecule has 1 aromatic rings. The summed E-state index contributed by atoms with van der Waals surface area (Å²) in [5, 5.41) is 20.4. The summed E-state index contributed by atoms with van der Waals surface area (Å²) >= 11 is 0.944. The van der Waals surface area contributed by atoms with Crippen LogP contribution in [0.3, 0.4) is 0 Å². The zero-order chi connectivity index (χ0) is 17.6. The van der Waals surface area contributed by atoms with Crippen molar-refractivity contribution in [3.8, 4) is 6.07 Å². The molecule has 7 nitrogen and oxygen atoms in total. The van der Waals surface area contributed by atoms with Gasteiger partial charge in [-0.2, -0.15) is 5.26 Å². The zero-order valence-corrected chi connectivity index (χ0v) is 14.0. The minimum atomic E-state index is -0.693. The molecule has 2 aliphatic rings. The lowest BCUT2D eigenvalue weighted by molar-refractivity contribution is -0.380. The van der Waals surface area contributed by atoms with Crippen LogP contribution in [0.4, 0.5) is 5.00 Å². The Labute approximate surface area is 142 Å². The molecule has 0 saturated carbocycles. The van der Waals surface area contributed by atoms with E-state index >= 15 is 0 Å². The SMILES string of the molecule is CC1(C)CC(=O)C2=C(C1)OC(N)=C(C#N)[C@H]2c1ccc([N+](=O)[O-])s1. The quantitative estimate of drug-likeness (QED) is 0.649. The molecule has 1 aliphatic heterocycles. The summed E-state index contributed by atoms with van der Waals surface area (Å²) in [6, 6.07) is 4.94. The number of carbonyl (C=O) groups is 1. The van der Waals surface area contributed by atoms with E-state index in [0.717, 1.165) is 11.3 Å². The van der Waals surface area contributed by atoms with Crippen molar-refractivity contribution in [3.05, 3.63) is 49.9 Å². The molecule has 1 aromatic heterocycles. The number of Topliss-reactive ketones (excluding diaryl/α,β-unsaturated/α-hetero) is 1. The first-order valence-electron chi connectivity index (χ1n) is 7.31. The zero-order valence-electron chi connectivity index (χ0n) is 13.2. The number of hydrogen-bond acceptors (Lipinski definition) is 7. The first-order valence-corrected chi connectivity index (χ1v) is 8.13. The average molecular weight is 345 g/mol. The highest BCUT2D eigenvalue weighted by Crippen LogP contribution is 2.49. The second-order valence-corrected chi connectivity index (χ2v) is 7.73. The average Bonchev–Trinajstić information content (AvgIpc) is 2.94. The predicted octanol–water partition coefficient (Wildman–Crippen LogP) is 3.11. The summed E-state index contributed by atoms with van der Waals surface area (Å²) in [5.74, 6) is -0.375. The topological polar surface area (TPSA) is 119 Å². The maximum atomic E-state index is 12.7. The van der Waals surface area contributed by atoms with Crippen LogP contribution in [0.2, 0.25) is 0 Å². The van der Waals surface area contributed by atoms with Gasteiger partial charge in [0, 0.05) is 29.4 Å². The van der Waals surface area contributed by atoms with Crippen LogP contribution in [0.15, 0.2) is 34.9 Å². The number of hydrogen-bond donors (Lipinski definition) is 1. The van der Waals surface area contributed by atoms with Crippen LogP contribution < -0.4 is 5.73 Å². The van der Waals surface area contributed by atoms with Gasteiger partial charge in [0.25, 0.3) is 0 Å². The number of ketones is 1. The van der Waals surface area contributed by atoms with Crippen molar-refractivity contribution in [1.82, 2.24) is 0 Å². The van der Waals surface area contributed by atoms with Crippen molar-refractivity contribution in [2.75, 3.05) is 0 Å². The van der Waals surface area contributed by atoms with E-state index in [9.17, 15) is 20.2 Å². The fraction of sp³-hybridized carbons (Fsp3) is 0.375. The van der Waals surface area contributed by atoms with Gasteiger partial charge in [-0.25, -0.2) is 0 Å². The van der Waals surface area contributed by atoms with E-state index in [1.54, 1.807) is 6.07 Å². The molecule has 0 fully saturated rings. The Hall–Kier alpha value is -2.66. The Bertz CT molecular complexity index is 857. The highest BCUT2D eigenvalue weighted by molar-refractivity contribution is 7.15. The fourth-order valence-electron chi connectivity index (χ4n) is 3.16. The molecule has 24 heavy (non-hydrogen) atoms. The Morgan fingerprint density at radius 3 is 2.75 bits per heavy atom. The van der Waals surface area contributed by atoms with Crippen LogP contribution in [-0.4, -0.2) is 10.7 Å². The molecular formula is C16H15N3O4S. The lowest BCUT2D eigenvalue weighted by Crippen LogP contribution is -2.33.